The van der Waals surface area contributed by atoms with Crippen molar-refractivity contribution in [3.8, 4) is 5.75 Å². The van der Waals surface area contributed by atoms with Gasteiger partial charge in [-0.25, -0.2) is 8.78 Å². The van der Waals surface area contributed by atoms with Crippen molar-refractivity contribution in [1.29, 1.82) is 0 Å². The predicted octanol–water partition coefficient (Wildman–Crippen LogP) is 1.92. The van der Waals surface area contributed by atoms with E-state index in [1.165, 1.54) is 35.3 Å². The van der Waals surface area contributed by atoms with Crippen LogP contribution in [0.15, 0.2) is 30.6 Å². The van der Waals surface area contributed by atoms with E-state index in [9.17, 15) is 8.78 Å². The van der Waals surface area contributed by atoms with Crippen molar-refractivity contribution >= 4 is 0 Å². The third-order valence-corrected chi connectivity index (χ3v) is 2.00. The molecule has 1 heterocycles. The molecule has 0 saturated carbocycles. The van der Waals surface area contributed by atoms with Gasteiger partial charge in [0.15, 0.2) is 5.75 Å². The Morgan fingerprint density at radius 1 is 1.27 bits per heavy atom. The lowest BCUT2D eigenvalue weighted by Crippen LogP contribution is -2.04. The van der Waals surface area contributed by atoms with E-state index in [-0.39, 0.29) is 17.9 Å². The first-order valence-electron chi connectivity index (χ1n) is 4.31. The van der Waals surface area contributed by atoms with Crippen LogP contribution >= 0.6 is 0 Å². The van der Waals surface area contributed by atoms with Gasteiger partial charge in [-0.3, -0.25) is 4.68 Å². The van der Waals surface area contributed by atoms with Gasteiger partial charge in [-0.2, -0.15) is 5.10 Å². The zero-order chi connectivity index (χ0) is 10.8. The van der Waals surface area contributed by atoms with Crippen molar-refractivity contribution in [2.45, 2.75) is 6.54 Å². The summed E-state index contributed by atoms with van der Waals surface area (Å²) in [5, 5.41) is 12.7. The minimum Gasteiger partial charge on any atom is -0.505 e. The highest BCUT2D eigenvalue weighted by molar-refractivity contribution is 5.20. The molecule has 0 amide bonds. The molecule has 0 unspecified atom stereocenters. The standard InChI is InChI=1S/C10H8F2N2O/c11-9-2-1-3-10(12)8(9)6-14-5-7(15)4-13-14/h1-5,15H,6H2. The number of halogens is 2. The van der Waals surface area contributed by atoms with Crippen LogP contribution in [0.5, 0.6) is 5.75 Å². The zero-order valence-electron chi connectivity index (χ0n) is 7.69. The Hall–Kier alpha value is -1.91. The largest absolute Gasteiger partial charge is 0.505 e. The molecule has 2 aromatic rings. The van der Waals surface area contributed by atoms with Gasteiger partial charge < -0.3 is 5.11 Å². The maximum Gasteiger partial charge on any atom is 0.153 e. The van der Waals surface area contributed by atoms with Crippen LogP contribution in [0, 0.1) is 11.6 Å². The van der Waals surface area contributed by atoms with Crippen LogP contribution in [0.1, 0.15) is 5.56 Å². The minimum atomic E-state index is -0.620. The van der Waals surface area contributed by atoms with Crippen LogP contribution < -0.4 is 0 Å². The first kappa shape index (κ1) is 9.64. The average molecular weight is 210 g/mol. The highest BCUT2D eigenvalue weighted by Crippen LogP contribution is 2.14. The summed E-state index contributed by atoms with van der Waals surface area (Å²) in [7, 11) is 0. The summed E-state index contributed by atoms with van der Waals surface area (Å²) in [6.45, 7) is -0.0426. The van der Waals surface area contributed by atoms with Crippen LogP contribution in [0.4, 0.5) is 8.78 Å². The first-order valence-corrected chi connectivity index (χ1v) is 4.31. The van der Waals surface area contributed by atoms with E-state index < -0.39 is 11.6 Å². The van der Waals surface area contributed by atoms with Gasteiger partial charge >= 0.3 is 0 Å². The van der Waals surface area contributed by atoms with Gasteiger partial charge in [0.2, 0.25) is 0 Å². The third kappa shape index (κ3) is 1.96. The highest BCUT2D eigenvalue weighted by atomic mass is 19.1. The maximum atomic E-state index is 13.2. The summed E-state index contributed by atoms with van der Waals surface area (Å²) in [5.74, 6) is -1.28. The lowest BCUT2D eigenvalue weighted by molar-refractivity contribution is 0.473. The molecule has 0 aliphatic heterocycles. The Bertz CT molecular complexity index is 462. The molecular weight excluding hydrogens is 202 g/mol. The summed E-state index contributed by atoms with van der Waals surface area (Å²) < 4.78 is 27.7. The smallest absolute Gasteiger partial charge is 0.153 e. The second kappa shape index (κ2) is 3.68. The molecule has 0 saturated heterocycles. The normalized spacial score (nSPS) is 10.5. The number of aromatic nitrogens is 2. The van der Waals surface area contributed by atoms with Crippen molar-refractivity contribution in [3.63, 3.8) is 0 Å². The lowest BCUT2D eigenvalue weighted by Gasteiger charge is -2.04. The molecule has 1 aromatic carbocycles. The number of aromatic hydroxyl groups is 1. The highest BCUT2D eigenvalue weighted by Gasteiger charge is 2.09. The van der Waals surface area contributed by atoms with Crippen molar-refractivity contribution < 1.29 is 13.9 Å². The van der Waals surface area contributed by atoms with Gasteiger partial charge in [0.1, 0.15) is 11.6 Å². The Balaban J connectivity index is 2.31. The molecule has 2 rings (SSSR count). The van der Waals surface area contributed by atoms with Gasteiger partial charge in [0, 0.05) is 5.56 Å². The Kier molecular flexibility index (Phi) is 2.37. The summed E-state index contributed by atoms with van der Waals surface area (Å²) in [4.78, 5) is 0. The molecule has 1 aromatic heterocycles. The predicted molar refractivity (Wildman–Crippen MR) is 49.4 cm³/mol. The monoisotopic (exact) mass is 210 g/mol. The van der Waals surface area contributed by atoms with Crippen molar-refractivity contribution in [3.05, 3.63) is 47.8 Å². The average Bonchev–Trinajstić information content (AvgIpc) is 2.58. The molecule has 0 atom stereocenters. The Labute approximate surface area is 84.6 Å². The molecule has 15 heavy (non-hydrogen) atoms. The lowest BCUT2D eigenvalue weighted by atomic mass is 10.2. The van der Waals surface area contributed by atoms with Crippen molar-refractivity contribution in [1.82, 2.24) is 9.78 Å². The number of nitrogens with zero attached hydrogens (tertiary/aromatic N) is 2. The Morgan fingerprint density at radius 2 is 1.93 bits per heavy atom. The van der Waals surface area contributed by atoms with Crippen LogP contribution in [-0.2, 0) is 6.54 Å². The quantitative estimate of drug-likeness (QED) is 0.822. The topological polar surface area (TPSA) is 38.1 Å². The molecule has 3 nitrogen and oxygen atoms in total. The Morgan fingerprint density at radius 3 is 2.47 bits per heavy atom. The SMILES string of the molecule is Oc1cnn(Cc2c(F)cccc2F)c1. The molecule has 0 radical (unpaired) electrons. The summed E-state index contributed by atoms with van der Waals surface area (Å²) in [6.07, 6.45) is 2.50. The molecule has 78 valence electrons. The van der Waals surface area contributed by atoms with E-state index in [0.717, 1.165) is 0 Å². The number of hydrogen-bond donors (Lipinski definition) is 1. The molecule has 1 N–H and O–H groups in total. The molecular formula is C10H8F2N2O. The number of hydrogen-bond acceptors (Lipinski definition) is 2. The molecule has 0 aliphatic rings. The van der Waals surface area contributed by atoms with Gasteiger partial charge in [-0.15, -0.1) is 0 Å². The van der Waals surface area contributed by atoms with Crippen LogP contribution in [0.3, 0.4) is 0 Å². The van der Waals surface area contributed by atoms with Crippen molar-refractivity contribution in [2.24, 2.45) is 0 Å². The fourth-order valence-corrected chi connectivity index (χ4v) is 1.28. The van der Waals surface area contributed by atoms with Crippen LogP contribution in [0.2, 0.25) is 0 Å². The number of rotatable bonds is 2. The fraction of sp³-hybridized carbons (Fsp3) is 0.100. The molecule has 0 fully saturated rings. The van der Waals surface area contributed by atoms with Gasteiger partial charge in [-0.05, 0) is 12.1 Å². The van der Waals surface area contributed by atoms with Gasteiger partial charge in [0.05, 0.1) is 18.9 Å². The summed E-state index contributed by atoms with van der Waals surface area (Å²) in [5.41, 5.74) is -0.0689. The maximum absolute atomic E-state index is 13.2. The second-order valence-corrected chi connectivity index (χ2v) is 3.10. The third-order valence-electron chi connectivity index (χ3n) is 2.00. The second-order valence-electron chi connectivity index (χ2n) is 3.10. The fourth-order valence-electron chi connectivity index (χ4n) is 1.28. The molecule has 0 aliphatic carbocycles. The zero-order valence-corrected chi connectivity index (χ0v) is 7.69. The molecule has 0 bridgehead atoms. The van der Waals surface area contributed by atoms with Gasteiger partial charge in [0.25, 0.3) is 0 Å². The van der Waals surface area contributed by atoms with Gasteiger partial charge in [-0.1, -0.05) is 6.07 Å². The van der Waals surface area contributed by atoms with E-state index >= 15 is 0 Å². The minimum absolute atomic E-state index is 0.0354. The summed E-state index contributed by atoms with van der Waals surface area (Å²) >= 11 is 0. The number of benzene rings is 1. The van der Waals surface area contributed by atoms with Crippen LogP contribution in [-0.4, -0.2) is 14.9 Å². The molecule has 0 spiro atoms. The van der Waals surface area contributed by atoms with E-state index in [1.54, 1.807) is 0 Å². The van der Waals surface area contributed by atoms with E-state index in [0.29, 0.717) is 0 Å². The van der Waals surface area contributed by atoms with E-state index in [1.807, 2.05) is 0 Å². The summed E-state index contributed by atoms with van der Waals surface area (Å²) in [6, 6.07) is 3.66. The molecule has 5 heteroatoms. The van der Waals surface area contributed by atoms with E-state index in [2.05, 4.69) is 5.10 Å². The van der Waals surface area contributed by atoms with Crippen LogP contribution in [0.25, 0.3) is 0 Å². The van der Waals surface area contributed by atoms with E-state index in [4.69, 9.17) is 5.11 Å². The first-order chi connectivity index (χ1) is 7.16. The van der Waals surface area contributed by atoms with Crippen molar-refractivity contribution in [2.75, 3.05) is 0 Å².